The predicted molar refractivity (Wildman–Crippen MR) is 37.6 cm³/mol. The van der Waals surface area contributed by atoms with E-state index in [2.05, 4.69) is 15.5 Å². The van der Waals surface area contributed by atoms with Crippen LogP contribution in [0.4, 0.5) is 0 Å². The Labute approximate surface area is 64.3 Å². The van der Waals surface area contributed by atoms with Crippen LogP contribution in [0, 0.1) is 0 Å². The summed E-state index contributed by atoms with van der Waals surface area (Å²) in [5.41, 5.74) is 5.36. The number of tetrazole rings is 1. The molecule has 0 radical (unpaired) electrons. The Morgan fingerprint density at radius 1 is 1.64 bits per heavy atom. The molecule has 0 aliphatic rings. The van der Waals surface area contributed by atoms with Gasteiger partial charge in [-0.05, 0) is 10.4 Å². The fourth-order valence-electron chi connectivity index (χ4n) is 0.721. The van der Waals surface area contributed by atoms with Gasteiger partial charge in [0.05, 0.1) is 19.7 Å². The first-order valence-electron chi connectivity index (χ1n) is 3.32. The van der Waals surface area contributed by atoms with Gasteiger partial charge in [0.2, 0.25) is 0 Å². The van der Waals surface area contributed by atoms with Crippen LogP contribution in [-0.2, 0) is 17.8 Å². The van der Waals surface area contributed by atoms with E-state index < -0.39 is 0 Å². The molecule has 0 bridgehead atoms. The molecule has 0 unspecified atom stereocenters. The van der Waals surface area contributed by atoms with Crippen LogP contribution in [0.5, 0.6) is 0 Å². The monoisotopic (exact) mass is 157 g/mol. The smallest absolute Gasteiger partial charge is 0.164 e. The van der Waals surface area contributed by atoms with E-state index in [1.165, 1.54) is 0 Å². The van der Waals surface area contributed by atoms with Crippen LogP contribution in [0.3, 0.4) is 0 Å². The number of hydrogen-bond donors (Lipinski definition) is 1. The zero-order valence-electron chi connectivity index (χ0n) is 6.40. The third-order valence-corrected chi connectivity index (χ3v) is 1.30. The second-order valence-electron chi connectivity index (χ2n) is 2.02. The zero-order valence-corrected chi connectivity index (χ0v) is 6.40. The minimum atomic E-state index is 0.358. The SMILES string of the molecule is COCCn1nnnc1CN. The van der Waals surface area contributed by atoms with Crippen molar-refractivity contribution < 1.29 is 4.74 Å². The van der Waals surface area contributed by atoms with E-state index in [0.29, 0.717) is 25.5 Å². The summed E-state index contributed by atoms with van der Waals surface area (Å²) in [6.45, 7) is 1.60. The molecule has 6 nitrogen and oxygen atoms in total. The Balaban J connectivity index is 2.54. The Bertz CT molecular complexity index is 210. The molecule has 0 aromatic carbocycles. The van der Waals surface area contributed by atoms with Crippen molar-refractivity contribution in [1.29, 1.82) is 0 Å². The van der Waals surface area contributed by atoms with E-state index in [9.17, 15) is 0 Å². The molecule has 1 aromatic rings. The van der Waals surface area contributed by atoms with Gasteiger partial charge >= 0.3 is 0 Å². The molecule has 0 saturated heterocycles. The van der Waals surface area contributed by atoms with Crippen LogP contribution in [-0.4, -0.2) is 33.9 Å². The Kier molecular flexibility index (Phi) is 2.94. The van der Waals surface area contributed by atoms with E-state index >= 15 is 0 Å². The van der Waals surface area contributed by atoms with Crippen molar-refractivity contribution in [2.45, 2.75) is 13.1 Å². The molecule has 0 fully saturated rings. The summed E-state index contributed by atoms with van der Waals surface area (Å²) in [5, 5.41) is 10.9. The maximum absolute atomic E-state index is 5.36. The van der Waals surface area contributed by atoms with Gasteiger partial charge in [-0.3, -0.25) is 0 Å². The number of nitrogens with zero attached hydrogens (tertiary/aromatic N) is 4. The summed E-state index contributed by atoms with van der Waals surface area (Å²) in [4.78, 5) is 0. The summed E-state index contributed by atoms with van der Waals surface area (Å²) in [6, 6.07) is 0. The van der Waals surface area contributed by atoms with Crippen molar-refractivity contribution in [3.05, 3.63) is 5.82 Å². The summed E-state index contributed by atoms with van der Waals surface area (Å²) in [5.74, 6) is 0.682. The predicted octanol–water partition coefficient (Wildman–Crippen LogP) is -1.22. The molecule has 1 heterocycles. The molecule has 0 aliphatic heterocycles. The first-order valence-corrected chi connectivity index (χ1v) is 3.32. The fourth-order valence-corrected chi connectivity index (χ4v) is 0.721. The molecule has 62 valence electrons. The van der Waals surface area contributed by atoms with Gasteiger partial charge < -0.3 is 10.5 Å². The summed E-state index contributed by atoms with van der Waals surface area (Å²) >= 11 is 0. The van der Waals surface area contributed by atoms with Crippen LogP contribution in [0.1, 0.15) is 5.82 Å². The topological polar surface area (TPSA) is 78.8 Å². The van der Waals surface area contributed by atoms with Crippen molar-refractivity contribution >= 4 is 0 Å². The Morgan fingerprint density at radius 3 is 3.09 bits per heavy atom. The maximum Gasteiger partial charge on any atom is 0.164 e. The standard InChI is InChI=1S/C5H11N5O/c1-11-3-2-10-5(4-6)7-8-9-10/h2-4,6H2,1H3. The zero-order chi connectivity index (χ0) is 8.10. The second-order valence-corrected chi connectivity index (χ2v) is 2.02. The number of ether oxygens (including phenoxy) is 1. The van der Waals surface area contributed by atoms with Gasteiger partial charge in [-0.1, -0.05) is 0 Å². The molecular formula is C5H11N5O. The van der Waals surface area contributed by atoms with Gasteiger partial charge in [0, 0.05) is 7.11 Å². The van der Waals surface area contributed by atoms with Gasteiger partial charge in [0.1, 0.15) is 0 Å². The average molecular weight is 157 g/mol. The van der Waals surface area contributed by atoms with Gasteiger partial charge in [0.25, 0.3) is 0 Å². The van der Waals surface area contributed by atoms with Crippen molar-refractivity contribution in [1.82, 2.24) is 20.2 Å². The molecule has 0 amide bonds. The molecule has 0 saturated carbocycles. The number of aromatic nitrogens is 4. The maximum atomic E-state index is 5.36. The molecule has 0 spiro atoms. The number of rotatable bonds is 4. The highest BCUT2D eigenvalue weighted by Crippen LogP contribution is 1.88. The van der Waals surface area contributed by atoms with Gasteiger partial charge in [0.15, 0.2) is 5.82 Å². The van der Waals surface area contributed by atoms with Gasteiger partial charge in [-0.15, -0.1) is 5.10 Å². The third kappa shape index (κ3) is 1.95. The normalized spacial score (nSPS) is 10.4. The van der Waals surface area contributed by atoms with Crippen molar-refractivity contribution in [3.63, 3.8) is 0 Å². The van der Waals surface area contributed by atoms with Crippen LogP contribution >= 0.6 is 0 Å². The molecule has 1 rings (SSSR count). The third-order valence-electron chi connectivity index (χ3n) is 1.30. The van der Waals surface area contributed by atoms with Crippen LogP contribution in [0.15, 0.2) is 0 Å². The molecule has 0 aliphatic carbocycles. The van der Waals surface area contributed by atoms with E-state index in [0.717, 1.165) is 0 Å². The highest BCUT2D eigenvalue weighted by Gasteiger charge is 2.01. The molecule has 0 atom stereocenters. The lowest BCUT2D eigenvalue weighted by atomic mass is 10.6. The summed E-state index contributed by atoms with van der Waals surface area (Å²) in [7, 11) is 1.63. The lowest BCUT2D eigenvalue weighted by molar-refractivity contribution is 0.181. The van der Waals surface area contributed by atoms with Crippen LogP contribution in [0.25, 0.3) is 0 Å². The van der Waals surface area contributed by atoms with Crippen molar-refractivity contribution in [2.24, 2.45) is 5.73 Å². The van der Waals surface area contributed by atoms with E-state index in [-0.39, 0.29) is 0 Å². The quantitative estimate of drug-likeness (QED) is 0.592. The minimum Gasteiger partial charge on any atom is -0.383 e. The van der Waals surface area contributed by atoms with Crippen LogP contribution < -0.4 is 5.73 Å². The largest absolute Gasteiger partial charge is 0.383 e. The summed E-state index contributed by atoms with van der Waals surface area (Å²) in [6.07, 6.45) is 0. The Morgan fingerprint density at radius 2 is 2.45 bits per heavy atom. The minimum absolute atomic E-state index is 0.358. The molecule has 6 heteroatoms. The first-order chi connectivity index (χ1) is 5.38. The molecular weight excluding hydrogens is 146 g/mol. The van der Waals surface area contributed by atoms with E-state index in [1.54, 1.807) is 11.8 Å². The van der Waals surface area contributed by atoms with Crippen molar-refractivity contribution in [2.75, 3.05) is 13.7 Å². The van der Waals surface area contributed by atoms with E-state index in [4.69, 9.17) is 10.5 Å². The van der Waals surface area contributed by atoms with Gasteiger partial charge in [-0.2, -0.15) is 0 Å². The lowest BCUT2D eigenvalue weighted by Crippen LogP contribution is -2.12. The Hall–Kier alpha value is -1.01. The highest BCUT2D eigenvalue weighted by atomic mass is 16.5. The number of nitrogens with two attached hydrogens (primary N) is 1. The van der Waals surface area contributed by atoms with Crippen LogP contribution in [0.2, 0.25) is 0 Å². The average Bonchev–Trinajstić information content (AvgIpc) is 2.47. The first kappa shape index (κ1) is 8.09. The molecule has 11 heavy (non-hydrogen) atoms. The number of hydrogen-bond acceptors (Lipinski definition) is 5. The van der Waals surface area contributed by atoms with Gasteiger partial charge in [-0.25, -0.2) is 4.68 Å². The number of methoxy groups -OCH3 is 1. The molecule has 1 aromatic heterocycles. The van der Waals surface area contributed by atoms with E-state index in [1.807, 2.05) is 0 Å². The highest BCUT2D eigenvalue weighted by molar-refractivity contribution is 4.77. The summed E-state index contributed by atoms with van der Waals surface area (Å²) < 4.78 is 6.49. The van der Waals surface area contributed by atoms with Crippen molar-refractivity contribution in [3.8, 4) is 0 Å². The lowest BCUT2D eigenvalue weighted by Gasteiger charge is -2.00. The molecule has 2 N–H and O–H groups in total. The fraction of sp³-hybridized carbons (Fsp3) is 0.800. The second kappa shape index (κ2) is 3.99.